The molecule has 1 rings (SSSR count). The fraction of sp³-hybridized carbons (Fsp3) is 0.300. The van der Waals surface area contributed by atoms with Crippen molar-refractivity contribution in [2.75, 3.05) is 13.6 Å². The highest BCUT2D eigenvalue weighted by molar-refractivity contribution is 7.88. The normalized spacial score (nSPS) is 11.7. The van der Waals surface area contributed by atoms with Gasteiger partial charge in [-0.15, -0.1) is 0 Å². The highest BCUT2D eigenvalue weighted by Crippen LogP contribution is 2.18. The van der Waals surface area contributed by atoms with E-state index in [2.05, 4.69) is 0 Å². The number of benzene rings is 1. The van der Waals surface area contributed by atoms with Crippen LogP contribution in [-0.4, -0.2) is 32.3 Å². The molecule has 0 spiro atoms. The number of hydrogen-bond acceptors (Lipinski definition) is 4. The van der Waals surface area contributed by atoms with Crippen molar-refractivity contribution < 1.29 is 18.3 Å². The van der Waals surface area contributed by atoms with Gasteiger partial charge >= 0.3 is 0 Å². The van der Waals surface area contributed by atoms with Crippen LogP contribution in [-0.2, 0) is 20.6 Å². The highest BCUT2D eigenvalue weighted by atomic mass is 35.5. The molecule has 0 radical (unpaired) electrons. The molecule has 0 heterocycles. The summed E-state index contributed by atoms with van der Waals surface area (Å²) in [5.74, 6) is -1.79. The molecule has 0 atom stereocenters. The van der Waals surface area contributed by atoms with Gasteiger partial charge in [0.25, 0.3) is 0 Å². The van der Waals surface area contributed by atoms with Crippen LogP contribution < -0.4 is 5.11 Å². The van der Waals surface area contributed by atoms with Crippen LogP contribution in [0.3, 0.4) is 0 Å². The maximum Gasteiger partial charge on any atom is 0.218 e. The standard InChI is InChI=1S/C10H12ClNO4S/c1-12(6-10(13)14)17(15,16)7-8-4-2-3-5-9(8)11/h2-5H,6-7H2,1H3,(H,13,14)/p-1. The summed E-state index contributed by atoms with van der Waals surface area (Å²) in [6.07, 6.45) is 0. The number of hydrogen-bond donors (Lipinski definition) is 0. The van der Waals surface area contributed by atoms with Crippen LogP contribution >= 0.6 is 11.6 Å². The molecule has 0 aliphatic rings. The fourth-order valence-corrected chi connectivity index (χ4v) is 2.65. The number of likely N-dealkylation sites (N-methyl/N-ethyl adjacent to an activating group) is 1. The number of carboxylic acids is 1. The minimum Gasteiger partial charge on any atom is -0.549 e. The number of carbonyl (C=O) groups excluding carboxylic acids is 1. The van der Waals surface area contributed by atoms with Gasteiger partial charge in [-0.05, 0) is 11.6 Å². The Labute approximate surface area is 105 Å². The van der Waals surface area contributed by atoms with Crippen molar-refractivity contribution in [1.29, 1.82) is 0 Å². The molecule has 0 amide bonds. The molecule has 0 aliphatic carbocycles. The van der Waals surface area contributed by atoms with E-state index in [1.165, 1.54) is 7.05 Å². The van der Waals surface area contributed by atoms with E-state index in [4.69, 9.17) is 11.6 Å². The van der Waals surface area contributed by atoms with E-state index in [1.807, 2.05) is 0 Å². The number of carboxylic acid groups (broad SMARTS) is 1. The van der Waals surface area contributed by atoms with Crippen molar-refractivity contribution in [2.24, 2.45) is 0 Å². The summed E-state index contributed by atoms with van der Waals surface area (Å²) < 4.78 is 24.3. The van der Waals surface area contributed by atoms with E-state index in [9.17, 15) is 18.3 Å². The van der Waals surface area contributed by atoms with Gasteiger partial charge in [-0.3, -0.25) is 0 Å². The number of aliphatic carboxylic acids is 1. The minimum atomic E-state index is -3.70. The lowest BCUT2D eigenvalue weighted by molar-refractivity contribution is -0.305. The van der Waals surface area contributed by atoms with Crippen LogP contribution in [0.4, 0.5) is 0 Å². The lowest BCUT2D eigenvalue weighted by atomic mass is 10.2. The third-order valence-electron chi connectivity index (χ3n) is 2.12. The Bertz CT molecular complexity index is 515. The minimum absolute atomic E-state index is 0.331. The van der Waals surface area contributed by atoms with Crippen molar-refractivity contribution in [3.63, 3.8) is 0 Å². The first-order valence-corrected chi connectivity index (χ1v) is 6.69. The van der Waals surface area contributed by atoms with Crippen LogP contribution in [0.5, 0.6) is 0 Å². The second-order valence-corrected chi connectivity index (χ2v) is 5.96. The van der Waals surface area contributed by atoms with E-state index in [0.29, 0.717) is 10.6 Å². The lowest BCUT2D eigenvalue weighted by Gasteiger charge is -2.17. The van der Waals surface area contributed by atoms with Crippen LogP contribution in [0.15, 0.2) is 24.3 Å². The van der Waals surface area contributed by atoms with Crippen molar-refractivity contribution in [1.82, 2.24) is 4.31 Å². The van der Waals surface area contributed by atoms with Crippen LogP contribution in [0.25, 0.3) is 0 Å². The molecule has 0 saturated carbocycles. The molecule has 7 heteroatoms. The molecular formula is C10H11ClNO4S-. The average molecular weight is 277 g/mol. The molecule has 1 aromatic rings. The van der Waals surface area contributed by atoms with Crippen LogP contribution in [0.1, 0.15) is 5.56 Å². The van der Waals surface area contributed by atoms with Gasteiger partial charge in [-0.25, -0.2) is 8.42 Å². The predicted molar refractivity (Wildman–Crippen MR) is 61.7 cm³/mol. The largest absolute Gasteiger partial charge is 0.549 e. The van der Waals surface area contributed by atoms with Crippen molar-refractivity contribution in [3.8, 4) is 0 Å². The Morgan fingerprint density at radius 2 is 2.00 bits per heavy atom. The lowest BCUT2D eigenvalue weighted by Crippen LogP contribution is -2.39. The second kappa shape index (κ2) is 5.48. The Morgan fingerprint density at radius 3 is 2.53 bits per heavy atom. The number of halogens is 1. The smallest absolute Gasteiger partial charge is 0.218 e. The summed E-state index contributed by atoms with van der Waals surface area (Å²) in [6, 6.07) is 6.50. The van der Waals surface area contributed by atoms with Gasteiger partial charge in [-0.2, -0.15) is 4.31 Å². The first kappa shape index (κ1) is 14.0. The third kappa shape index (κ3) is 3.99. The van der Waals surface area contributed by atoms with Gasteiger partial charge in [0.1, 0.15) is 0 Å². The molecule has 5 nitrogen and oxygen atoms in total. The zero-order valence-electron chi connectivity index (χ0n) is 9.09. The monoisotopic (exact) mass is 276 g/mol. The molecule has 0 bridgehead atoms. The van der Waals surface area contributed by atoms with E-state index < -0.39 is 22.5 Å². The first-order chi connectivity index (χ1) is 7.83. The van der Waals surface area contributed by atoms with Crippen LogP contribution in [0, 0.1) is 0 Å². The fourth-order valence-electron chi connectivity index (χ4n) is 1.20. The summed E-state index contributed by atoms with van der Waals surface area (Å²) in [6.45, 7) is -0.674. The molecule has 0 N–H and O–H groups in total. The van der Waals surface area contributed by atoms with Gasteiger partial charge in [0.15, 0.2) is 0 Å². The Morgan fingerprint density at radius 1 is 1.41 bits per heavy atom. The van der Waals surface area contributed by atoms with E-state index >= 15 is 0 Å². The maximum absolute atomic E-state index is 11.8. The van der Waals surface area contributed by atoms with Crippen molar-refractivity contribution >= 4 is 27.6 Å². The topological polar surface area (TPSA) is 77.5 Å². The summed E-state index contributed by atoms with van der Waals surface area (Å²) in [5, 5.41) is 10.7. The van der Waals surface area contributed by atoms with Gasteiger partial charge in [0, 0.05) is 12.1 Å². The van der Waals surface area contributed by atoms with Gasteiger partial charge in [0.05, 0.1) is 18.3 Å². The highest BCUT2D eigenvalue weighted by Gasteiger charge is 2.19. The number of nitrogens with zero attached hydrogens (tertiary/aromatic N) is 1. The maximum atomic E-state index is 11.8. The van der Waals surface area contributed by atoms with Crippen molar-refractivity contribution in [2.45, 2.75) is 5.75 Å². The van der Waals surface area contributed by atoms with Gasteiger partial charge in [0.2, 0.25) is 10.0 Å². The van der Waals surface area contributed by atoms with E-state index in [-0.39, 0.29) is 5.75 Å². The van der Waals surface area contributed by atoms with Gasteiger partial charge in [-0.1, -0.05) is 29.8 Å². The van der Waals surface area contributed by atoms with Crippen LogP contribution in [0.2, 0.25) is 5.02 Å². The average Bonchev–Trinajstić information content (AvgIpc) is 2.20. The summed E-state index contributed by atoms with van der Waals surface area (Å²) in [5.41, 5.74) is 0.430. The molecule has 0 unspecified atom stereocenters. The molecule has 0 saturated heterocycles. The molecule has 1 aromatic carbocycles. The predicted octanol–water partition coefficient (Wildman–Crippen LogP) is -0.148. The molecular weight excluding hydrogens is 266 g/mol. The quantitative estimate of drug-likeness (QED) is 0.749. The molecule has 0 aliphatic heterocycles. The molecule has 94 valence electrons. The van der Waals surface area contributed by atoms with Gasteiger partial charge < -0.3 is 9.90 Å². The van der Waals surface area contributed by atoms with Crippen molar-refractivity contribution in [3.05, 3.63) is 34.9 Å². The zero-order chi connectivity index (χ0) is 13.1. The SMILES string of the molecule is CN(CC(=O)[O-])S(=O)(=O)Cc1ccccc1Cl. The summed E-state index contributed by atoms with van der Waals surface area (Å²) in [4.78, 5) is 10.3. The second-order valence-electron chi connectivity index (χ2n) is 3.48. The number of sulfonamides is 1. The first-order valence-electron chi connectivity index (χ1n) is 4.70. The number of carbonyl (C=O) groups is 1. The third-order valence-corrected chi connectivity index (χ3v) is 4.25. The number of rotatable bonds is 5. The Hall–Kier alpha value is -1.11. The van der Waals surface area contributed by atoms with E-state index in [0.717, 1.165) is 4.31 Å². The molecule has 17 heavy (non-hydrogen) atoms. The molecule has 0 fully saturated rings. The Kier molecular flexibility index (Phi) is 4.50. The zero-order valence-corrected chi connectivity index (χ0v) is 10.7. The Balaban J connectivity index is 2.87. The summed E-state index contributed by atoms with van der Waals surface area (Å²) >= 11 is 5.83. The van der Waals surface area contributed by atoms with E-state index in [1.54, 1.807) is 24.3 Å². The summed E-state index contributed by atoms with van der Waals surface area (Å²) in [7, 11) is -2.52. The molecule has 0 aromatic heterocycles.